The minimum absolute atomic E-state index is 0.210. The number of halogens is 2. The fraction of sp³-hybridized carbons (Fsp3) is 0.500. The summed E-state index contributed by atoms with van der Waals surface area (Å²) in [5, 5.41) is 13.0. The molecule has 0 spiro atoms. The summed E-state index contributed by atoms with van der Waals surface area (Å²) in [5.41, 5.74) is 0.216. The number of hydrogen-bond acceptors (Lipinski definition) is 3. The second kappa shape index (κ2) is 7.16. The van der Waals surface area contributed by atoms with Gasteiger partial charge in [0.15, 0.2) is 0 Å². The van der Waals surface area contributed by atoms with E-state index >= 15 is 0 Å². The minimum atomic E-state index is -0.581. The Kier molecular flexibility index (Phi) is 6.11. The van der Waals surface area contributed by atoms with Gasteiger partial charge in [-0.25, -0.2) is 4.79 Å². The van der Waals surface area contributed by atoms with Gasteiger partial charge in [0, 0.05) is 10.0 Å². The SMILES string of the molecule is CC(C)(C)OC(=O)NC(CO)Cc1ccc(Cl)cc1Cl. The molecular weight excluding hydrogens is 301 g/mol. The van der Waals surface area contributed by atoms with Gasteiger partial charge in [0.1, 0.15) is 5.60 Å². The zero-order valence-electron chi connectivity index (χ0n) is 11.7. The van der Waals surface area contributed by atoms with Crippen LogP contribution in [0.25, 0.3) is 0 Å². The maximum Gasteiger partial charge on any atom is 0.407 e. The van der Waals surface area contributed by atoms with E-state index in [4.69, 9.17) is 27.9 Å². The summed E-state index contributed by atoms with van der Waals surface area (Å²) in [6.45, 7) is 5.11. The third-order valence-electron chi connectivity index (χ3n) is 2.42. The zero-order valence-corrected chi connectivity index (χ0v) is 13.3. The Bertz CT molecular complexity index is 472. The van der Waals surface area contributed by atoms with Gasteiger partial charge >= 0.3 is 6.09 Å². The molecule has 0 fully saturated rings. The molecule has 0 saturated carbocycles. The monoisotopic (exact) mass is 319 g/mol. The highest BCUT2D eigenvalue weighted by atomic mass is 35.5. The largest absolute Gasteiger partial charge is 0.444 e. The fourth-order valence-corrected chi connectivity index (χ4v) is 2.07. The van der Waals surface area contributed by atoms with Crippen LogP contribution in [0.3, 0.4) is 0 Å². The Labute approximate surface area is 129 Å². The molecule has 1 atom stereocenters. The summed E-state index contributed by atoms with van der Waals surface area (Å²) >= 11 is 11.9. The molecule has 1 aromatic carbocycles. The van der Waals surface area contributed by atoms with Crippen LogP contribution in [0.15, 0.2) is 18.2 Å². The highest BCUT2D eigenvalue weighted by molar-refractivity contribution is 6.35. The van der Waals surface area contributed by atoms with E-state index in [1.165, 1.54) is 0 Å². The first-order chi connectivity index (χ1) is 9.21. The molecule has 112 valence electrons. The van der Waals surface area contributed by atoms with Gasteiger partial charge < -0.3 is 15.2 Å². The van der Waals surface area contributed by atoms with Crippen molar-refractivity contribution in [3.8, 4) is 0 Å². The minimum Gasteiger partial charge on any atom is -0.444 e. The molecule has 1 amide bonds. The molecule has 20 heavy (non-hydrogen) atoms. The van der Waals surface area contributed by atoms with Crippen molar-refractivity contribution in [1.29, 1.82) is 0 Å². The van der Waals surface area contributed by atoms with Gasteiger partial charge in [-0.05, 0) is 44.9 Å². The van der Waals surface area contributed by atoms with E-state index in [-0.39, 0.29) is 6.61 Å². The number of carbonyl (C=O) groups is 1. The standard InChI is InChI=1S/C14H19Cl2NO3/c1-14(2,3)20-13(19)17-11(8-18)6-9-4-5-10(15)7-12(9)16/h4-5,7,11,18H,6,8H2,1-3H3,(H,17,19). The number of benzene rings is 1. The number of amides is 1. The van der Waals surface area contributed by atoms with E-state index in [0.29, 0.717) is 16.5 Å². The Morgan fingerprint density at radius 3 is 2.55 bits per heavy atom. The molecule has 1 aromatic rings. The zero-order chi connectivity index (χ0) is 15.3. The number of rotatable bonds is 4. The van der Waals surface area contributed by atoms with E-state index in [9.17, 15) is 9.90 Å². The van der Waals surface area contributed by atoms with Gasteiger partial charge in [0.05, 0.1) is 12.6 Å². The lowest BCUT2D eigenvalue weighted by atomic mass is 10.1. The average molecular weight is 320 g/mol. The lowest BCUT2D eigenvalue weighted by Crippen LogP contribution is -2.42. The molecule has 0 heterocycles. The van der Waals surface area contributed by atoms with Crippen molar-refractivity contribution >= 4 is 29.3 Å². The first-order valence-corrected chi connectivity index (χ1v) is 7.01. The van der Waals surface area contributed by atoms with E-state index < -0.39 is 17.7 Å². The van der Waals surface area contributed by atoms with E-state index in [1.807, 2.05) is 0 Å². The Morgan fingerprint density at radius 1 is 1.40 bits per heavy atom. The molecule has 1 unspecified atom stereocenters. The van der Waals surface area contributed by atoms with Crippen molar-refractivity contribution in [2.75, 3.05) is 6.61 Å². The van der Waals surface area contributed by atoms with Crippen LogP contribution in [0.1, 0.15) is 26.3 Å². The van der Waals surface area contributed by atoms with Crippen LogP contribution >= 0.6 is 23.2 Å². The van der Waals surface area contributed by atoms with Crippen LogP contribution in [0.5, 0.6) is 0 Å². The summed E-state index contributed by atoms with van der Waals surface area (Å²) in [7, 11) is 0. The lowest BCUT2D eigenvalue weighted by molar-refractivity contribution is 0.0483. The van der Waals surface area contributed by atoms with Gasteiger partial charge in [0.25, 0.3) is 0 Å². The molecule has 0 radical (unpaired) electrons. The van der Waals surface area contributed by atoms with Crippen molar-refractivity contribution in [1.82, 2.24) is 5.32 Å². The lowest BCUT2D eigenvalue weighted by Gasteiger charge is -2.23. The van der Waals surface area contributed by atoms with Crippen LogP contribution in [0.4, 0.5) is 4.79 Å². The predicted molar refractivity (Wildman–Crippen MR) is 80.4 cm³/mol. The number of aliphatic hydroxyl groups excluding tert-OH is 1. The van der Waals surface area contributed by atoms with Crippen molar-refractivity contribution < 1.29 is 14.6 Å². The average Bonchev–Trinajstić information content (AvgIpc) is 2.29. The Hall–Kier alpha value is -0.970. The summed E-state index contributed by atoms with van der Waals surface area (Å²) in [5.74, 6) is 0. The van der Waals surface area contributed by atoms with Crippen molar-refractivity contribution in [3.05, 3.63) is 33.8 Å². The van der Waals surface area contributed by atoms with Crippen molar-refractivity contribution in [2.45, 2.75) is 38.8 Å². The quantitative estimate of drug-likeness (QED) is 0.894. The molecule has 0 saturated heterocycles. The van der Waals surface area contributed by atoms with Crippen molar-refractivity contribution in [2.24, 2.45) is 0 Å². The third kappa shape index (κ3) is 5.99. The second-order valence-corrected chi connectivity index (χ2v) is 6.31. The van der Waals surface area contributed by atoms with Crippen LogP contribution in [0, 0.1) is 0 Å². The van der Waals surface area contributed by atoms with Crippen LogP contribution in [-0.4, -0.2) is 29.4 Å². The van der Waals surface area contributed by atoms with Crippen LogP contribution in [-0.2, 0) is 11.2 Å². The molecule has 2 N–H and O–H groups in total. The van der Waals surface area contributed by atoms with Crippen LogP contribution in [0.2, 0.25) is 10.0 Å². The smallest absolute Gasteiger partial charge is 0.407 e. The molecule has 6 heteroatoms. The Balaban J connectivity index is 2.65. The maximum atomic E-state index is 11.7. The molecule has 0 bridgehead atoms. The second-order valence-electron chi connectivity index (χ2n) is 5.47. The molecular formula is C14H19Cl2NO3. The van der Waals surface area contributed by atoms with E-state index in [1.54, 1.807) is 39.0 Å². The summed E-state index contributed by atoms with van der Waals surface area (Å²) in [6, 6.07) is 4.64. The summed E-state index contributed by atoms with van der Waals surface area (Å²) in [6.07, 6.45) is -0.173. The summed E-state index contributed by atoms with van der Waals surface area (Å²) < 4.78 is 5.14. The van der Waals surface area contributed by atoms with Crippen LogP contribution < -0.4 is 5.32 Å². The number of aliphatic hydroxyl groups is 1. The fourth-order valence-electron chi connectivity index (χ4n) is 1.59. The normalized spacial score (nSPS) is 12.9. The highest BCUT2D eigenvalue weighted by Gasteiger charge is 2.20. The molecule has 0 aliphatic heterocycles. The molecule has 0 aromatic heterocycles. The maximum absolute atomic E-state index is 11.7. The number of ether oxygens (including phenoxy) is 1. The molecule has 4 nitrogen and oxygen atoms in total. The van der Waals surface area contributed by atoms with E-state index in [0.717, 1.165) is 5.56 Å². The van der Waals surface area contributed by atoms with Gasteiger partial charge in [-0.1, -0.05) is 29.3 Å². The number of alkyl carbamates (subject to hydrolysis) is 1. The highest BCUT2D eigenvalue weighted by Crippen LogP contribution is 2.22. The molecule has 0 aliphatic rings. The van der Waals surface area contributed by atoms with Gasteiger partial charge in [-0.15, -0.1) is 0 Å². The van der Waals surface area contributed by atoms with Gasteiger partial charge in [-0.2, -0.15) is 0 Å². The van der Waals surface area contributed by atoms with E-state index in [2.05, 4.69) is 5.32 Å². The number of carbonyl (C=O) groups excluding carboxylic acids is 1. The number of hydrogen-bond donors (Lipinski definition) is 2. The van der Waals surface area contributed by atoms with Gasteiger partial charge in [0.2, 0.25) is 0 Å². The molecule has 1 rings (SSSR count). The first kappa shape index (κ1) is 17.1. The van der Waals surface area contributed by atoms with Gasteiger partial charge in [-0.3, -0.25) is 0 Å². The third-order valence-corrected chi connectivity index (χ3v) is 3.01. The molecule has 0 aliphatic carbocycles. The summed E-state index contributed by atoms with van der Waals surface area (Å²) in [4.78, 5) is 11.7. The van der Waals surface area contributed by atoms with Crippen molar-refractivity contribution in [3.63, 3.8) is 0 Å². The topological polar surface area (TPSA) is 58.6 Å². The number of nitrogens with one attached hydrogen (secondary N) is 1. The first-order valence-electron chi connectivity index (χ1n) is 6.25. The Morgan fingerprint density at radius 2 is 2.05 bits per heavy atom. The predicted octanol–water partition coefficient (Wildman–Crippen LogP) is 3.42.